The van der Waals surface area contributed by atoms with Crippen molar-refractivity contribution in [3.05, 3.63) is 23.8 Å². The fourth-order valence-corrected chi connectivity index (χ4v) is 3.42. The van der Waals surface area contributed by atoms with Gasteiger partial charge in [-0.1, -0.05) is 6.07 Å². The second-order valence-corrected chi connectivity index (χ2v) is 6.91. The number of carbonyl (C=O) groups is 2. The molecule has 2 aliphatic rings. The molecule has 0 spiro atoms. The van der Waals surface area contributed by atoms with Crippen LogP contribution in [0.1, 0.15) is 31.2 Å². The maximum absolute atomic E-state index is 12.2. The minimum absolute atomic E-state index is 0.0525. The van der Waals surface area contributed by atoms with Crippen LogP contribution >= 0.6 is 0 Å². The van der Waals surface area contributed by atoms with Crippen molar-refractivity contribution in [3.8, 4) is 5.75 Å². The third-order valence-electron chi connectivity index (χ3n) is 4.76. The van der Waals surface area contributed by atoms with Crippen molar-refractivity contribution in [2.45, 2.75) is 32.6 Å². The van der Waals surface area contributed by atoms with E-state index in [0.717, 1.165) is 30.6 Å². The zero-order valence-corrected chi connectivity index (χ0v) is 14.9. The molecule has 0 unspecified atom stereocenters. The first-order valence-corrected chi connectivity index (χ1v) is 9.17. The molecule has 0 aromatic heterocycles. The van der Waals surface area contributed by atoms with Gasteiger partial charge in [0, 0.05) is 6.54 Å². The lowest BCUT2D eigenvalue weighted by Crippen LogP contribution is -2.43. The number of amides is 1. The molecular formula is C19H27N3O3. The predicted molar refractivity (Wildman–Crippen MR) is 96.9 cm³/mol. The van der Waals surface area contributed by atoms with Gasteiger partial charge in [0.2, 0.25) is 5.91 Å². The van der Waals surface area contributed by atoms with Crippen molar-refractivity contribution in [2.24, 2.45) is 0 Å². The molecule has 0 atom stereocenters. The summed E-state index contributed by atoms with van der Waals surface area (Å²) in [5.74, 6) is 0.151. The summed E-state index contributed by atoms with van der Waals surface area (Å²) in [4.78, 5) is 28.2. The first-order valence-electron chi connectivity index (χ1n) is 9.17. The number of esters is 1. The summed E-state index contributed by atoms with van der Waals surface area (Å²) in [6.07, 6.45) is 4.73. The van der Waals surface area contributed by atoms with E-state index in [0.29, 0.717) is 12.3 Å². The van der Waals surface area contributed by atoms with Gasteiger partial charge in [-0.2, -0.15) is 0 Å². The Morgan fingerprint density at radius 3 is 2.84 bits per heavy atom. The zero-order valence-electron chi connectivity index (χ0n) is 14.9. The predicted octanol–water partition coefficient (Wildman–Crippen LogP) is 1.71. The van der Waals surface area contributed by atoms with Gasteiger partial charge in [-0.15, -0.1) is 0 Å². The molecule has 1 N–H and O–H groups in total. The van der Waals surface area contributed by atoms with Crippen molar-refractivity contribution < 1.29 is 14.3 Å². The van der Waals surface area contributed by atoms with Gasteiger partial charge in [0.25, 0.3) is 0 Å². The number of hydrogen-bond donors (Lipinski definition) is 1. The SMILES string of the molecule is Cc1ccc2c(c1)N(CC(=O)NCCCCN1CCCC1)CC(=O)O2. The lowest BCUT2D eigenvalue weighted by Gasteiger charge is -2.29. The van der Waals surface area contributed by atoms with E-state index in [1.807, 2.05) is 19.1 Å². The Labute approximate surface area is 149 Å². The van der Waals surface area contributed by atoms with Crippen molar-refractivity contribution in [1.29, 1.82) is 0 Å². The van der Waals surface area contributed by atoms with Crippen LogP contribution in [0.4, 0.5) is 5.69 Å². The fourth-order valence-electron chi connectivity index (χ4n) is 3.42. The number of unbranched alkanes of at least 4 members (excludes halogenated alkanes) is 1. The van der Waals surface area contributed by atoms with E-state index in [2.05, 4.69) is 10.2 Å². The first kappa shape index (κ1) is 17.7. The summed E-state index contributed by atoms with van der Waals surface area (Å²) in [5, 5.41) is 2.96. The van der Waals surface area contributed by atoms with Crippen LogP contribution in [0.15, 0.2) is 18.2 Å². The summed E-state index contributed by atoms with van der Waals surface area (Å²) >= 11 is 0. The van der Waals surface area contributed by atoms with Gasteiger partial charge in [-0.3, -0.25) is 4.79 Å². The minimum Gasteiger partial charge on any atom is -0.423 e. The van der Waals surface area contributed by atoms with Crippen molar-refractivity contribution in [3.63, 3.8) is 0 Å². The monoisotopic (exact) mass is 345 g/mol. The normalized spacial score (nSPS) is 17.3. The highest BCUT2D eigenvalue weighted by molar-refractivity contribution is 5.89. The highest BCUT2D eigenvalue weighted by atomic mass is 16.5. The summed E-state index contributed by atoms with van der Waals surface area (Å²) in [5.41, 5.74) is 1.88. The number of anilines is 1. The van der Waals surface area contributed by atoms with E-state index in [1.54, 1.807) is 11.0 Å². The number of nitrogens with zero attached hydrogens (tertiary/aromatic N) is 2. The number of hydrogen-bond acceptors (Lipinski definition) is 5. The lowest BCUT2D eigenvalue weighted by atomic mass is 10.1. The van der Waals surface area contributed by atoms with Crippen LogP contribution in [-0.2, 0) is 9.59 Å². The number of ether oxygens (including phenoxy) is 1. The molecule has 1 amide bonds. The Morgan fingerprint density at radius 2 is 2.04 bits per heavy atom. The Bertz CT molecular complexity index is 626. The van der Waals surface area contributed by atoms with Gasteiger partial charge in [0.1, 0.15) is 6.54 Å². The number of rotatable bonds is 7. The molecule has 1 saturated heterocycles. The summed E-state index contributed by atoms with van der Waals surface area (Å²) < 4.78 is 5.24. The number of benzene rings is 1. The average Bonchev–Trinajstić information content (AvgIpc) is 3.08. The number of aryl methyl sites for hydroxylation is 1. The quantitative estimate of drug-likeness (QED) is 0.463. The molecule has 2 heterocycles. The maximum atomic E-state index is 12.2. The number of fused-ring (bicyclic) bond motifs is 1. The van der Waals surface area contributed by atoms with Gasteiger partial charge in [-0.25, -0.2) is 4.79 Å². The van der Waals surface area contributed by atoms with E-state index in [-0.39, 0.29) is 25.0 Å². The Balaban J connectivity index is 1.43. The molecule has 3 rings (SSSR count). The fraction of sp³-hybridized carbons (Fsp3) is 0.579. The van der Waals surface area contributed by atoms with Crippen LogP contribution < -0.4 is 15.0 Å². The molecule has 0 aliphatic carbocycles. The average molecular weight is 345 g/mol. The van der Waals surface area contributed by atoms with E-state index < -0.39 is 0 Å². The molecule has 0 saturated carbocycles. The van der Waals surface area contributed by atoms with Gasteiger partial charge in [-0.05, 0) is 69.9 Å². The van der Waals surface area contributed by atoms with Crippen LogP contribution in [0.3, 0.4) is 0 Å². The van der Waals surface area contributed by atoms with E-state index in [4.69, 9.17) is 4.74 Å². The summed E-state index contributed by atoms with van der Waals surface area (Å²) in [7, 11) is 0. The molecule has 0 radical (unpaired) electrons. The van der Waals surface area contributed by atoms with E-state index in [9.17, 15) is 9.59 Å². The Hall–Kier alpha value is -2.08. The molecule has 136 valence electrons. The molecule has 6 heteroatoms. The van der Waals surface area contributed by atoms with Crippen molar-refractivity contribution >= 4 is 17.6 Å². The molecule has 6 nitrogen and oxygen atoms in total. The van der Waals surface area contributed by atoms with Gasteiger partial charge < -0.3 is 19.9 Å². The Kier molecular flexibility index (Phi) is 5.91. The van der Waals surface area contributed by atoms with Gasteiger partial charge in [0.05, 0.1) is 12.2 Å². The minimum atomic E-state index is -0.324. The van der Waals surface area contributed by atoms with Gasteiger partial charge in [0.15, 0.2) is 5.75 Å². The van der Waals surface area contributed by atoms with Crippen LogP contribution in [-0.4, -0.2) is 56.0 Å². The summed E-state index contributed by atoms with van der Waals surface area (Å²) in [6.45, 7) is 6.52. The molecule has 0 bridgehead atoms. The smallest absolute Gasteiger partial charge is 0.331 e. The molecule has 25 heavy (non-hydrogen) atoms. The third-order valence-corrected chi connectivity index (χ3v) is 4.76. The van der Waals surface area contributed by atoms with Crippen molar-refractivity contribution in [1.82, 2.24) is 10.2 Å². The second kappa shape index (κ2) is 8.34. The third kappa shape index (κ3) is 4.95. The molecule has 1 aromatic carbocycles. The largest absolute Gasteiger partial charge is 0.423 e. The standard InChI is InChI=1S/C19H27N3O3/c1-15-6-7-17-16(12-15)22(14-19(24)25-17)13-18(23)20-8-2-3-9-21-10-4-5-11-21/h6-7,12H,2-5,8-11,13-14H2,1H3,(H,20,23). The molecular weight excluding hydrogens is 318 g/mol. The molecule has 2 aliphatic heterocycles. The second-order valence-electron chi connectivity index (χ2n) is 6.91. The highest BCUT2D eigenvalue weighted by Crippen LogP contribution is 2.32. The van der Waals surface area contributed by atoms with E-state index >= 15 is 0 Å². The maximum Gasteiger partial charge on any atom is 0.331 e. The highest BCUT2D eigenvalue weighted by Gasteiger charge is 2.25. The number of nitrogens with one attached hydrogen (secondary N) is 1. The van der Waals surface area contributed by atoms with Gasteiger partial charge >= 0.3 is 5.97 Å². The zero-order chi connectivity index (χ0) is 17.6. The van der Waals surface area contributed by atoms with Crippen molar-refractivity contribution in [2.75, 3.05) is 44.2 Å². The first-order chi connectivity index (χ1) is 12.1. The van der Waals surface area contributed by atoms with Crippen LogP contribution in [0.25, 0.3) is 0 Å². The Morgan fingerprint density at radius 1 is 1.24 bits per heavy atom. The van der Waals surface area contributed by atoms with E-state index in [1.165, 1.54) is 25.9 Å². The topological polar surface area (TPSA) is 61.9 Å². The van der Waals surface area contributed by atoms with Crippen LogP contribution in [0, 0.1) is 6.92 Å². The number of carbonyl (C=O) groups excluding carboxylic acids is 2. The lowest BCUT2D eigenvalue weighted by molar-refractivity contribution is -0.133. The number of likely N-dealkylation sites (tertiary alicyclic amines) is 1. The van der Waals surface area contributed by atoms with Crippen LogP contribution in [0.5, 0.6) is 5.75 Å². The summed E-state index contributed by atoms with van der Waals surface area (Å²) in [6, 6.07) is 5.63. The van der Waals surface area contributed by atoms with Crippen LogP contribution in [0.2, 0.25) is 0 Å². The molecule has 1 aromatic rings. The molecule has 1 fully saturated rings.